The summed E-state index contributed by atoms with van der Waals surface area (Å²) in [6.45, 7) is 0.591. The van der Waals surface area contributed by atoms with E-state index in [4.69, 9.17) is 5.73 Å². The minimum atomic E-state index is -4.85. The molecule has 0 aliphatic carbocycles. The van der Waals surface area contributed by atoms with Crippen molar-refractivity contribution < 1.29 is 30.9 Å². The van der Waals surface area contributed by atoms with Crippen molar-refractivity contribution in [3.8, 4) is 0 Å². The Kier molecular flexibility index (Phi) is 3.61. The van der Waals surface area contributed by atoms with E-state index in [0.717, 1.165) is 0 Å². The minimum absolute atomic E-state index is 0.469. The second-order valence-corrected chi connectivity index (χ2v) is 3.83. The fourth-order valence-electron chi connectivity index (χ4n) is 0.941. The number of halogens is 6. The van der Waals surface area contributed by atoms with Gasteiger partial charge in [0.1, 0.15) is 0 Å². The molecule has 0 aromatic carbocycles. The van der Waals surface area contributed by atoms with Gasteiger partial charge in [-0.2, -0.15) is 31.3 Å². The van der Waals surface area contributed by atoms with Crippen LogP contribution in [0.3, 0.4) is 0 Å². The molecular formula is C8H9F6N3O. The number of hydrogen-bond acceptors (Lipinski definition) is 4. The van der Waals surface area contributed by atoms with Crippen LogP contribution in [0.2, 0.25) is 0 Å². The monoisotopic (exact) mass is 277 g/mol. The van der Waals surface area contributed by atoms with E-state index in [1.807, 2.05) is 0 Å². The van der Waals surface area contributed by atoms with E-state index in [0.29, 0.717) is 6.92 Å². The van der Waals surface area contributed by atoms with Gasteiger partial charge in [0.2, 0.25) is 0 Å². The number of alkyl halides is 6. The van der Waals surface area contributed by atoms with Crippen LogP contribution in [-0.2, 0) is 12.0 Å². The van der Waals surface area contributed by atoms with E-state index in [2.05, 4.69) is 14.7 Å². The van der Waals surface area contributed by atoms with E-state index in [1.165, 1.54) is 0 Å². The Hall–Kier alpha value is -1.32. The Morgan fingerprint density at radius 3 is 2.17 bits per heavy atom. The standard InChI is InChI=1S/C8H9F6N3O/c1-6(15,8(12,13)14)5-16-4(17-18-5)2-3-7(9,10)11/h2-3,15H2,1H3. The fraction of sp³-hybridized carbons (Fsp3) is 0.750. The molecule has 1 aromatic rings. The summed E-state index contributed by atoms with van der Waals surface area (Å²) in [5.74, 6) is -1.43. The lowest BCUT2D eigenvalue weighted by Gasteiger charge is -2.22. The second kappa shape index (κ2) is 4.41. The number of aromatic nitrogens is 2. The van der Waals surface area contributed by atoms with Crippen molar-refractivity contribution in [2.24, 2.45) is 5.73 Å². The van der Waals surface area contributed by atoms with Crippen molar-refractivity contribution in [3.63, 3.8) is 0 Å². The highest BCUT2D eigenvalue weighted by Crippen LogP contribution is 2.35. The molecule has 1 aromatic heterocycles. The fourth-order valence-corrected chi connectivity index (χ4v) is 0.941. The van der Waals surface area contributed by atoms with Gasteiger partial charge in [0.25, 0.3) is 5.89 Å². The van der Waals surface area contributed by atoms with Gasteiger partial charge in [-0.05, 0) is 6.92 Å². The van der Waals surface area contributed by atoms with Crippen LogP contribution in [0.25, 0.3) is 0 Å². The summed E-state index contributed by atoms with van der Waals surface area (Å²) < 4.78 is 77.3. The zero-order chi connectivity index (χ0) is 14.2. The smallest absolute Gasteiger partial charge is 0.337 e. The molecule has 104 valence electrons. The third-order valence-electron chi connectivity index (χ3n) is 2.13. The quantitative estimate of drug-likeness (QED) is 0.861. The van der Waals surface area contributed by atoms with E-state index in [1.54, 1.807) is 0 Å². The first-order chi connectivity index (χ1) is 7.93. The predicted octanol–water partition coefficient (Wildman–Crippen LogP) is 2.30. The van der Waals surface area contributed by atoms with Gasteiger partial charge in [-0.3, -0.25) is 0 Å². The van der Waals surface area contributed by atoms with Gasteiger partial charge in [-0.25, -0.2) is 0 Å². The molecule has 18 heavy (non-hydrogen) atoms. The number of aryl methyl sites for hydroxylation is 1. The summed E-state index contributed by atoms with van der Waals surface area (Å²) in [6.07, 6.45) is -11.2. The van der Waals surface area contributed by atoms with Crippen LogP contribution in [0.15, 0.2) is 4.52 Å². The molecule has 0 bridgehead atoms. The maximum absolute atomic E-state index is 12.5. The molecule has 2 N–H and O–H groups in total. The topological polar surface area (TPSA) is 64.9 Å². The van der Waals surface area contributed by atoms with Gasteiger partial charge in [-0.15, -0.1) is 0 Å². The van der Waals surface area contributed by atoms with Crippen molar-refractivity contribution in [2.45, 2.75) is 37.7 Å². The minimum Gasteiger partial charge on any atom is -0.337 e. The number of rotatable bonds is 3. The molecule has 1 unspecified atom stereocenters. The van der Waals surface area contributed by atoms with Gasteiger partial charge >= 0.3 is 12.4 Å². The number of nitrogens with zero attached hydrogens (tertiary/aromatic N) is 2. The molecule has 0 radical (unpaired) electrons. The lowest BCUT2D eigenvalue weighted by molar-refractivity contribution is -0.190. The molecule has 10 heteroatoms. The van der Waals surface area contributed by atoms with Crippen molar-refractivity contribution >= 4 is 0 Å². The van der Waals surface area contributed by atoms with E-state index in [-0.39, 0.29) is 0 Å². The molecule has 4 nitrogen and oxygen atoms in total. The van der Waals surface area contributed by atoms with Crippen LogP contribution in [0.5, 0.6) is 0 Å². The van der Waals surface area contributed by atoms with Crippen LogP contribution in [0, 0.1) is 0 Å². The largest absolute Gasteiger partial charge is 0.415 e. The summed E-state index contributed by atoms with van der Waals surface area (Å²) in [7, 11) is 0. The first kappa shape index (κ1) is 14.7. The molecule has 0 saturated carbocycles. The molecule has 0 spiro atoms. The lowest BCUT2D eigenvalue weighted by atomic mass is 10.0. The Bertz CT molecular complexity index is 408. The summed E-state index contributed by atoms with van der Waals surface area (Å²) >= 11 is 0. The predicted molar refractivity (Wildman–Crippen MR) is 46.3 cm³/mol. The van der Waals surface area contributed by atoms with E-state index in [9.17, 15) is 26.3 Å². The van der Waals surface area contributed by atoms with Crippen molar-refractivity contribution in [1.29, 1.82) is 0 Å². The van der Waals surface area contributed by atoms with Gasteiger partial charge in [0.15, 0.2) is 11.4 Å². The van der Waals surface area contributed by atoms with Crippen LogP contribution in [-0.4, -0.2) is 22.5 Å². The van der Waals surface area contributed by atoms with Gasteiger partial charge in [0, 0.05) is 6.42 Å². The molecule has 1 rings (SSSR count). The van der Waals surface area contributed by atoms with Crippen molar-refractivity contribution in [3.05, 3.63) is 11.7 Å². The molecule has 0 fully saturated rings. The highest BCUT2D eigenvalue weighted by Gasteiger charge is 2.53. The molecule has 0 amide bonds. The summed E-state index contributed by atoms with van der Waals surface area (Å²) in [5, 5.41) is 3.03. The van der Waals surface area contributed by atoms with E-state index >= 15 is 0 Å². The average Bonchev–Trinajstić information content (AvgIpc) is 2.60. The Morgan fingerprint density at radius 2 is 1.72 bits per heavy atom. The summed E-state index contributed by atoms with van der Waals surface area (Å²) in [5.41, 5.74) is 2.07. The Morgan fingerprint density at radius 1 is 1.17 bits per heavy atom. The van der Waals surface area contributed by atoms with Crippen molar-refractivity contribution in [2.75, 3.05) is 0 Å². The average molecular weight is 277 g/mol. The zero-order valence-electron chi connectivity index (χ0n) is 9.06. The van der Waals surface area contributed by atoms with Crippen LogP contribution >= 0.6 is 0 Å². The van der Waals surface area contributed by atoms with Gasteiger partial charge < -0.3 is 10.3 Å². The molecular weight excluding hydrogens is 268 g/mol. The molecule has 1 atom stereocenters. The summed E-state index contributed by atoms with van der Waals surface area (Å²) in [4.78, 5) is 3.23. The maximum atomic E-state index is 12.5. The first-order valence-corrected chi connectivity index (χ1v) is 4.69. The normalized spacial score (nSPS) is 16.7. The number of nitrogens with two attached hydrogens (primary N) is 1. The van der Waals surface area contributed by atoms with E-state index < -0.39 is 42.4 Å². The third kappa shape index (κ3) is 3.34. The first-order valence-electron chi connectivity index (χ1n) is 4.69. The van der Waals surface area contributed by atoms with Crippen LogP contribution < -0.4 is 5.73 Å². The van der Waals surface area contributed by atoms with Gasteiger partial charge in [0.05, 0.1) is 6.42 Å². The SMILES string of the molecule is CC(N)(c1nc(CCC(F)(F)F)no1)C(F)(F)F. The van der Waals surface area contributed by atoms with Gasteiger partial charge in [-0.1, -0.05) is 5.16 Å². The Labute approximate surface area is 97.1 Å². The molecule has 0 saturated heterocycles. The molecule has 1 heterocycles. The number of hydrogen-bond donors (Lipinski definition) is 1. The summed E-state index contributed by atoms with van der Waals surface area (Å²) in [6, 6.07) is 0. The zero-order valence-corrected chi connectivity index (χ0v) is 9.06. The van der Waals surface area contributed by atoms with Crippen molar-refractivity contribution in [1.82, 2.24) is 10.1 Å². The van der Waals surface area contributed by atoms with Crippen LogP contribution in [0.4, 0.5) is 26.3 Å². The Balaban J connectivity index is 2.81. The molecule has 0 aliphatic rings. The second-order valence-electron chi connectivity index (χ2n) is 3.83. The van der Waals surface area contributed by atoms with Crippen LogP contribution in [0.1, 0.15) is 25.1 Å². The third-order valence-corrected chi connectivity index (χ3v) is 2.13. The maximum Gasteiger partial charge on any atom is 0.415 e. The molecule has 0 aliphatic heterocycles. The lowest BCUT2D eigenvalue weighted by Crippen LogP contribution is -2.48. The highest BCUT2D eigenvalue weighted by molar-refractivity contribution is 5.04. The highest BCUT2D eigenvalue weighted by atomic mass is 19.4.